The molecule has 0 aliphatic rings. The molecule has 0 fully saturated rings. The Morgan fingerprint density at radius 2 is 1.94 bits per heavy atom. The quantitative estimate of drug-likeness (QED) is 0.711. The maximum absolute atomic E-state index is 12.0. The number of hydrogen-bond donors (Lipinski definition) is 2. The molecular weight excluding hydrogens is 252 g/mol. The molecule has 0 spiro atoms. The zero-order valence-electron chi connectivity index (χ0n) is 11.6. The van der Waals surface area contributed by atoms with Gasteiger partial charge < -0.3 is 15.3 Å². The van der Waals surface area contributed by atoms with Crippen LogP contribution in [0.5, 0.6) is 0 Å². The standard InChI is InChI=1S/C12H24N2O3S/c1-5-9(7-11(15)16)13-12(17)14(3)10(6-2)8-18-4/h9-10H,5-8H2,1-4H3,(H,13,17)(H,15,16). The first-order chi connectivity index (χ1) is 8.46. The first kappa shape index (κ1) is 17.1. The number of nitrogens with one attached hydrogen (secondary N) is 1. The fourth-order valence-corrected chi connectivity index (χ4v) is 2.49. The topological polar surface area (TPSA) is 69.6 Å². The number of nitrogens with zero attached hydrogens (tertiary/aromatic N) is 1. The Labute approximate surface area is 113 Å². The van der Waals surface area contributed by atoms with Gasteiger partial charge in [-0.2, -0.15) is 11.8 Å². The summed E-state index contributed by atoms with van der Waals surface area (Å²) >= 11 is 1.70. The van der Waals surface area contributed by atoms with Crippen LogP contribution >= 0.6 is 11.8 Å². The van der Waals surface area contributed by atoms with Crippen LogP contribution < -0.4 is 5.32 Å². The van der Waals surface area contributed by atoms with Gasteiger partial charge in [-0.1, -0.05) is 13.8 Å². The fraction of sp³-hybridized carbons (Fsp3) is 0.833. The second-order valence-electron chi connectivity index (χ2n) is 4.28. The Hall–Kier alpha value is -0.910. The van der Waals surface area contributed by atoms with Gasteiger partial charge in [0.25, 0.3) is 0 Å². The molecule has 0 saturated heterocycles. The van der Waals surface area contributed by atoms with E-state index in [1.165, 1.54) is 0 Å². The third kappa shape index (κ3) is 6.14. The van der Waals surface area contributed by atoms with Gasteiger partial charge in [0.15, 0.2) is 0 Å². The van der Waals surface area contributed by atoms with Gasteiger partial charge in [0.05, 0.1) is 6.42 Å². The second kappa shape index (κ2) is 9.08. The molecule has 0 aliphatic heterocycles. The van der Waals surface area contributed by atoms with Crippen LogP contribution in [0.25, 0.3) is 0 Å². The van der Waals surface area contributed by atoms with Gasteiger partial charge in [-0.15, -0.1) is 0 Å². The molecule has 2 N–H and O–H groups in total. The van der Waals surface area contributed by atoms with E-state index >= 15 is 0 Å². The second-order valence-corrected chi connectivity index (χ2v) is 5.19. The van der Waals surface area contributed by atoms with Gasteiger partial charge in [-0.3, -0.25) is 4.79 Å². The van der Waals surface area contributed by atoms with Crippen molar-refractivity contribution in [3.63, 3.8) is 0 Å². The van der Waals surface area contributed by atoms with Crippen molar-refractivity contribution in [2.24, 2.45) is 0 Å². The van der Waals surface area contributed by atoms with Gasteiger partial charge in [0, 0.05) is 24.9 Å². The summed E-state index contributed by atoms with van der Waals surface area (Å²) in [6.45, 7) is 3.91. The van der Waals surface area contributed by atoms with E-state index in [0.717, 1.165) is 12.2 Å². The van der Waals surface area contributed by atoms with E-state index in [0.29, 0.717) is 6.42 Å². The number of amides is 2. The number of carboxylic acid groups (broad SMARTS) is 1. The smallest absolute Gasteiger partial charge is 0.317 e. The lowest BCUT2D eigenvalue weighted by Crippen LogP contribution is -2.48. The van der Waals surface area contributed by atoms with Crippen molar-refractivity contribution < 1.29 is 14.7 Å². The Morgan fingerprint density at radius 3 is 2.33 bits per heavy atom. The van der Waals surface area contributed by atoms with E-state index in [4.69, 9.17) is 5.11 Å². The fourth-order valence-electron chi connectivity index (χ4n) is 1.65. The summed E-state index contributed by atoms with van der Waals surface area (Å²) in [6, 6.07) is -0.310. The summed E-state index contributed by atoms with van der Waals surface area (Å²) in [5.74, 6) is -0.00294. The molecule has 0 bridgehead atoms. The van der Waals surface area contributed by atoms with Gasteiger partial charge >= 0.3 is 12.0 Å². The summed E-state index contributed by atoms with van der Waals surface area (Å²) in [4.78, 5) is 24.3. The van der Waals surface area contributed by atoms with Crippen LogP contribution in [0.1, 0.15) is 33.1 Å². The normalized spacial score (nSPS) is 13.8. The predicted octanol–water partition coefficient (Wildman–Crippen LogP) is 2.02. The molecule has 0 saturated carbocycles. The number of urea groups is 1. The van der Waals surface area contributed by atoms with Crippen LogP contribution in [-0.4, -0.2) is 53.1 Å². The first-order valence-electron chi connectivity index (χ1n) is 6.20. The third-order valence-corrected chi connectivity index (χ3v) is 3.66. The molecule has 18 heavy (non-hydrogen) atoms. The van der Waals surface area contributed by atoms with Gasteiger partial charge in [-0.25, -0.2) is 4.79 Å². The van der Waals surface area contributed by atoms with Crippen LogP contribution in [0.4, 0.5) is 4.79 Å². The first-order valence-corrected chi connectivity index (χ1v) is 7.59. The Balaban J connectivity index is 4.39. The van der Waals surface area contributed by atoms with Crippen molar-refractivity contribution in [3.8, 4) is 0 Å². The van der Waals surface area contributed by atoms with Gasteiger partial charge in [0.1, 0.15) is 0 Å². The Morgan fingerprint density at radius 1 is 1.33 bits per heavy atom. The van der Waals surface area contributed by atoms with Crippen molar-refractivity contribution in [2.45, 2.75) is 45.2 Å². The maximum atomic E-state index is 12.0. The minimum atomic E-state index is -0.888. The van der Waals surface area contributed by atoms with Crippen LogP contribution in [0.2, 0.25) is 0 Å². The molecular formula is C12H24N2O3S. The van der Waals surface area contributed by atoms with Crippen molar-refractivity contribution in [1.29, 1.82) is 0 Å². The van der Waals surface area contributed by atoms with Gasteiger partial charge in [0.2, 0.25) is 0 Å². The number of carbonyl (C=O) groups is 2. The minimum Gasteiger partial charge on any atom is -0.481 e. The summed E-state index contributed by atoms with van der Waals surface area (Å²) in [5.41, 5.74) is 0. The number of hydrogen-bond acceptors (Lipinski definition) is 3. The van der Waals surface area contributed by atoms with E-state index in [2.05, 4.69) is 5.32 Å². The molecule has 0 radical (unpaired) electrons. The lowest BCUT2D eigenvalue weighted by molar-refractivity contribution is -0.137. The summed E-state index contributed by atoms with van der Waals surface area (Å²) in [5, 5.41) is 11.5. The average molecular weight is 276 g/mol. The zero-order valence-corrected chi connectivity index (χ0v) is 12.4. The molecule has 0 aliphatic carbocycles. The van der Waals surface area contributed by atoms with Crippen molar-refractivity contribution in [2.75, 3.05) is 19.1 Å². The van der Waals surface area contributed by atoms with Crippen molar-refractivity contribution >= 4 is 23.8 Å². The highest BCUT2D eigenvalue weighted by Crippen LogP contribution is 2.09. The van der Waals surface area contributed by atoms with E-state index in [-0.39, 0.29) is 24.5 Å². The molecule has 2 amide bonds. The minimum absolute atomic E-state index is 0.0323. The molecule has 6 heteroatoms. The lowest BCUT2D eigenvalue weighted by atomic mass is 10.1. The van der Waals surface area contributed by atoms with Crippen LogP contribution in [-0.2, 0) is 4.79 Å². The highest BCUT2D eigenvalue weighted by Gasteiger charge is 2.21. The van der Waals surface area contributed by atoms with Crippen molar-refractivity contribution in [1.82, 2.24) is 10.2 Å². The zero-order chi connectivity index (χ0) is 14.1. The van der Waals surface area contributed by atoms with E-state index in [9.17, 15) is 9.59 Å². The molecule has 0 aromatic rings. The SMILES string of the molecule is CCC(CC(=O)O)NC(=O)N(C)C(CC)CSC. The lowest BCUT2D eigenvalue weighted by Gasteiger charge is -2.28. The number of carboxylic acids is 1. The molecule has 2 atom stereocenters. The molecule has 5 nitrogen and oxygen atoms in total. The summed E-state index contributed by atoms with van der Waals surface area (Å²) < 4.78 is 0. The molecule has 0 aromatic carbocycles. The molecule has 0 heterocycles. The molecule has 0 aromatic heterocycles. The highest BCUT2D eigenvalue weighted by atomic mass is 32.2. The number of aliphatic carboxylic acids is 1. The van der Waals surface area contributed by atoms with Crippen LogP contribution in [0.3, 0.4) is 0 Å². The third-order valence-electron chi connectivity index (χ3n) is 2.94. The molecule has 2 unspecified atom stereocenters. The highest BCUT2D eigenvalue weighted by molar-refractivity contribution is 7.98. The maximum Gasteiger partial charge on any atom is 0.317 e. The summed E-state index contributed by atoms with van der Waals surface area (Å²) in [7, 11) is 1.76. The van der Waals surface area contributed by atoms with Gasteiger partial charge in [-0.05, 0) is 19.1 Å². The number of carbonyl (C=O) groups excluding carboxylic acids is 1. The molecule has 0 rings (SSSR count). The number of rotatable bonds is 8. The predicted molar refractivity (Wildman–Crippen MR) is 75.1 cm³/mol. The number of thioether (sulfide) groups is 1. The van der Waals surface area contributed by atoms with E-state index < -0.39 is 5.97 Å². The van der Waals surface area contributed by atoms with Crippen molar-refractivity contribution in [3.05, 3.63) is 0 Å². The Bertz CT molecular complexity index is 274. The van der Waals surface area contributed by atoms with Crippen LogP contribution in [0, 0.1) is 0 Å². The van der Waals surface area contributed by atoms with E-state index in [1.54, 1.807) is 23.7 Å². The monoisotopic (exact) mass is 276 g/mol. The van der Waals surface area contributed by atoms with E-state index in [1.807, 2.05) is 20.1 Å². The average Bonchev–Trinajstić information content (AvgIpc) is 2.33. The van der Waals surface area contributed by atoms with Crippen LogP contribution in [0.15, 0.2) is 0 Å². The largest absolute Gasteiger partial charge is 0.481 e. The summed E-state index contributed by atoms with van der Waals surface area (Å²) in [6.07, 6.45) is 3.48. The Kier molecular flexibility index (Phi) is 8.62. The molecule has 106 valence electrons.